The van der Waals surface area contributed by atoms with E-state index in [-0.39, 0.29) is 5.25 Å². The zero-order chi connectivity index (χ0) is 13.8. The zero-order valence-electron chi connectivity index (χ0n) is 11.5. The molecule has 19 heavy (non-hydrogen) atoms. The summed E-state index contributed by atoms with van der Waals surface area (Å²) in [6.45, 7) is 4.71. The van der Waals surface area contributed by atoms with Crippen LogP contribution in [-0.4, -0.2) is 32.5 Å². The normalized spacial score (nSPS) is 14.3. The van der Waals surface area contributed by atoms with Crippen molar-refractivity contribution in [1.29, 1.82) is 0 Å². The van der Waals surface area contributed by atoms with Crippen molar-refractivity contribution in [3.05, 3.63) is 30.0 Å². The minimum Gasteiger partial charge on any atom is -0.368 e. The Morgan fingerprint density at radius 2 is 1.95 bits per heavy atom. The predicted molar refractivity (Wildman–Crippen MR) is 80.9 cm³/mol. The monoisotopic (exact) mass is 277 g/mol. The molecule has 1 aromatic carbocycles. The maximum absolute atomic E-state index is 11.3. The molecule has 2 atom stereocenters. The summed E-state index contributed by atoms with van der Waals surface area (Å²) >= 11 is 0. The van der Waals surface area contributed by atoms with Gasteiger partial charge in [0.25, 0.3) is 0 Å². The molecule has 0 bridgehead atoms. The van der Waals surface area contributed by atoms with E-state index in [1.54, 1.807) is 6.26 Å². The van der Waals surface area contributed by atoms with Crippen molar-refractivity contribution in [1.82, 2.24) is 10.2 Å². The average molecular weight is 277 g/mol. The Morgan fingerprint density at radius 3 is 2.63 bits per heavy atom. The van der Waals surface area contributed by atoms with Crippen LogP contribution in [0.15, 0.2) is 24.3 Å². The number of benzene rings is 1. The first-order chi connectivity index (χ1) is 9.09. The molecule has 0 radical (unpaired) electrons. The SMILES string of the molecule is Cc1nnc(NCCC(C)S(C)=O)c2ccccc12. The molecule has 1 heterocycles. The van der Waals surface area contributed by atoms with Crippen molar-refractivity contribution < 1.29 is 4.21 Å². The van der Waals surface area contributed by atoms with Crippen LogP contribution < -0.4 is 5.32 Å². The molecular weight excluding hydrogens is 258 g/mol. The molecular formula is C14H19N3OS. The number of fused-ring (bicyclic) bond motifs is 1. The Bertz CT molecular complexity index is 600. The lowest BCUT2D eigenvalue weighted by molar-refractivity contribution is 0.672. The molecule has 2 rings (SSSR count). The molecule has 2 unspecified atom stereocenters. The highest BCUT2D eigenvalue weighted by atomic mass is 32.2. The fourth-order valence-electron chi connectivity index (χ4n) is 1.93. The second kappa shape index (κ2) is 6.10. The predicted octanol–water partition coefficient (Wildman–Crippen LogP) is 2.51. The number of hydrogen-bond donors (Lipinski definition) is 1. The molecule has 2 aromatic rings. The molecule has 0 amide bonds. The zero-order valence-corrected chi connectivity index (χ0v) is 12.3. The first-order valence-electron chi connectivity index (χ1n) is 6.37. The molecule has 0 aliphatic heterocycles. The van der Waals surface area contributed by atoms with E-state index in [1.165, 1.54) is 0 Å². The van der Waals surface area contributed by atoms with E-state index in [4.69, 9.17) is 0 Å². The van der Waals surface area contributed by atoms with Crippen molar-refractivity contribution >= 4 is 27.4 Å². The van der Waals surface area contributed by atoms with Gasteiger partial charge in [0.2, 0.25) is 0 Å². The second-order valence-corrected chi connectivity index (χ2v) is 6.51. The number of aryl methyl sites for hydroxylation is 1. The third-order valence-corrected chi connectivity index (χ3v) is 4.65. The number of nitrogens with zero attached hydrogens (tertiary/aromatic N) is 2. The lowest BCUT2D eigenvalue weighted by Gasteiger charge is -2.11. The van der Waals surface area contributed by atoms with Crippen molar-refractivity contribution in [2.75, 3.05) is 18.1 Å². The maximum Gasteiger partial charge on any atom is 0.156 e. The minimum absolute atomic E-state index is 0.192. The average Bonchev–Trinajstić information content (AvgIpc) is 2.41. The minimum atomic E-state index is -0.775. The first kappa shape index (κ1) is 13.9. The third-order valence-electron chi connectivity index (χ3n) is 3.28. The number of rotatable bonds is 5. The molecule has 5 heteroatoms. The number of aromatic nitrogens is 2. The van der Waals surface area contributed by atoms with E-state index in [9.17, 15) is 4.21 Å². The highest BCUT2D eigenvalue weighted by Crippen LogP contribution is 2.22. The molecule has 0 fully saturated rings. The molecule has 0 saturated heterocycles. The summed E-state index contributed by atoms with van der Waals surface area (Å²) in [5.74, 6) is 0.801. The van der Waals surface area contributed by atoms with Gasteiger partial charge in [-0.15, -0.1) is 5.10 Å². The summed E-state index contributed by atoms with van der Waals surface area (Å²) in [4.78, 5) is 0. The molecule has 4 nitrogen and oxygen atoms in total. The smallest absolute Gasteiger partial charge is 0.156 e. The maximum atomic E-state index is 11.3. The van der Waals surface area contributed by atoms with Crippen molar-refractivity contribution in [2.24, 2.45) is 0 Å². The van der Waals surface area contributed by atoms with Crippen LogP contribution in [-0.2, 0) is 10.8 Å². The molecule has 102 valence electrons. The number of hydrogen-bond acceptors (Lipinski definition) is 4. The van der Waals surface area contributed by atoms with Gasteiger partial charge in [-0.25, -0.2) is 0 Å². The second-order valence-electron chi connectivity index (χ2n) is 4.70. The third kappa shape index (κ3) is 3.29. The molecule has 0 aliphatic carbocycles. The number of nitrogens with one attached hydrogen (secondary N) is 1. The van der Waals surface area contributed by atoms with Crippen LogP contribution in [0.3, 0.4) is 0 Å². The van der Waals surface area contributed by atoms with E-state index in [0.29, 0.717) is 0 Å². The first-order valence-corrected chi connectivity index (χ1v) is 8.00. The molecule has 1 N–H and O–H groups in total. The van der Waals surface area contributed by atoms with Gasteiger partial charge in [0.15, 0.2) is 5.82 Å². The van der Waals surface area contributed by atoms with Crippen LogP contribution >= 0.6 is 0 Å². The standard InChI is InChI=1S/C14H19N3OS/c1-10(19(3)18)8-9-15-14-13-7-5-4-6-12(13)11(2)16-17-14/h4-7,10H,8-9H2,1-3H3,(H,15,17). The largest absolute Gasteiger partial charge is 0.368 e. The highest BCUT2D eigenvalue weighted by molar-refractivity contribution is 7.84. The van der Waals surface area contributed by atoms with Gasteiger partial charge < -0.3 is 5.32 Å². The van der Waals surface area contributed by atoms with Crippen LogP contribution in [0.2, 0.25) is 0 Å². The van der Waals surface area contributed by atoms with Gasteiger partial charge in [0.1, 0.15) is 0 Å². The topological polar surface area (TPSA) is 54.9 Å². The quantitative estimate of drug-likeness (QED) is 0.912. The highest BCUT2D eigenvalue weighted by Gasteiger charge is 2.08. The summed E-state index contributed by atoms with van der Waals surface area (Å²) in [7, 11) is -0.775. The fourth-order valence-corrected chi connectivity index (χ4v) is 2.38. The molecule has 0 spiro atoms. The van der Waals surface area contributed by atoms with Gasteiger partial charge in [0.05, 0.1) is 5.69 Å². The Kier molecular flexibility index (Phi) is 4.47. The summed E-state index contributed by atoms with van der Waals surface area (Å²) in [6.07, 6.45) is 2.60. The van der Waals surface area contributed by atoms with Crippen molar-refractivity contribution in [3.63, 3.8) is 0 Å². The van der Waals surface area contributed by atoms with E-state index in [2.05, 4.69) is 15.5 Å². The Balaban J connectivity index is 2.13. The van der Waals surface area contributed by atoms with Crippen LogP contribution in [0.5, 0.6) is 0 Å². The summed E-state index contributed by atoms with van der Waals surface area (Å²) < 4.78 is 11.3. The van der Waals surface area contributed by atoms with Gasteiger partial charge in [-0.1, -0.05) is 31.2 Å². The number of anilines is 1. The summed E-state index contributed by atoms with van der Waals surface area (Å²) in [5.41, 5.74) is 0.934. The van der Waals surface area contributed by atoms with E-state index >= 15 is 0 Å². The van der Waals surface area contributed by atoms with Gasteiger partial charge in [-0.3, -0.25) is 4.21 Å². The Labute approximate surface area is 116 Å². The van der Waals surface area contributed by atoms with E-state index < -0.39 is 10.8 Å². The van der Waals surface area contributed by atoms with Crippen LogP contribution in [0.4, 0.5) is 5.82 Å². The van der Waals surface area contributed by atoms with Gasteiger partial charge >= 0.3 is 0 Å². The van der Waals surface area contributed by atoms with E-state index in [0.717, 1.165) is 35.2 Å². The molecule has 0 aliphatic rings. The lowest BCUT2D eigenvalue weighted by atomic mass is 10.1. The van der Waals surface area contributed by atoms with Gasteiger partial charge in [-0.05, 0) is 13.3 Å². The van der Waals surface area contributed by atoms with Crippen molar-refractivity contribution in [3.8, 4) is 0 Å². The van der Waals surface area contributed by atoms with E-state index in [1.807, 2.05) is 38.1 Å². The van der Waals surface area contributed by atoms with Crippen molar-refractivity contribution in [2.45, 2.75) is 25.5 Å². The van der Waals surface area contributed by atoms with Crippen LogP contribution in [0.1, 0.15) is 19.0 Å². The Morgan fingerprint density at radius 1 is 1.26 bits per heavy atom. The summed E-state index contributed by atoms with van der Waals surface area (Å²) in [5, 5.41) is 14.1. The van der Waals surface area contributed by atoms with Crippen LogP contribution in [0.25, 0.3) is 10.8 Å². The fraction of sp³-hybridized carbons (Fsp3) is 0.429. The van der Waals surface area contributed by atoms with Gasteiger partial charge in [-0.2, -0.15) is 5.10 Å². The Hall–Kier alpha value is -1.49. The molecule has 0 saturated carbocycles. The van der Waals surface area contributed by atoms with Crippen LogP contribution in [0, 0.1) is 6.92 Å². The molecule has 1 aromatic heterocycles. The lowest BCUT2D eigenvalue weighted by Crippen LogP contribution is -2.15. The summed E-state index contributed by atoms with van der Waals surface area (Å²) in [6, 6.07) is 8.09. The van der Waals surface area contributed by atoms with Gasteiger partial charge in [0, 0.05) is 39.6 Å².